The average Bonchev–Trinajstić information content (AvgIpc) is 3.13. The van der Waals surface area contributed by atoms with Crippen molar-refractivity contribution < 1.29 is 9.53 Å². The molecule has 0 atom stereocenters. The maximum absolute atomic E-state index is 13.0. The van der Waals surface area contributed by atoms with E-state index in [4.69, 9.17) is 16.3 Å². The van der Waals surface area contributed by atoms with Crippen LogP contribution in [0.2, 0.25) is 4.34 Å². The van der Waals surface area contributed by atoms with E-state index in [9.17, 15) is 4.79 Å². The molecule has 0 aliphatic carbocycles. The van der Waals surface area contributed by atoms with Crippen molar-refractivity contribution in [3.8, 4) is 0 Å². The first kappa shape index (κ1) is 19.9. The van der Waals surface area contributed by atoms with Gasteiger partial charge < -0.3 is 9.64 Å². The van der Waals surface area contributed by atoms with Gasteiger partial charge in [-0.25, -0.2) is 0 Å². The topological polar surface area (TPSA) is 36.0 Å². The summed E-state index contributed by atoms with van der Waals surface area (Å²) in [6, 6.07) is 12.1. The van der Waals surface area contributed by atoms with Gasteiger partial charge in [-0.1, -0.05) is 23.7 Å². The highest BCUT2D eigenvalue weighted by molar-refractivity contribution is 7.16. The predicted molar refractivity (Wildman–Crippen MR) is 113 cm³/mol. The summed E-state index contributed by atoms with van der Waals surface area (Å²) in [7, 11) is 0. The van der Waals surface area contributed by atoms with Crippen LogP contribution < -0.4 is 0 Å². The number of ether oxygens (including phenoxy) is 1. The van der Waals surface area contributed by atoms with Gasteiger partial charge >= 0.3 is 0 Å². The van der Waals surface area contributed by atoms with E-state index in [1.807, 2.05) is 23.1 Å². The maximum atomic E-state index is 13.0. The molecule has 0 radical (unpaired) electrons. The molecule has 150 valence electrons. The summed E-state index contributed by atoms with van der Waals surface area (Å²) in [6.45, 7) is 8.61. The van der Waals surface area contributed by atoms with Crippen LogP contribution in [0.3, 0.4) is 0 Å². The number of thiophene rings is 1. The fraction of sp³-hybridized carbons (Fsp3) is 0.476. The van der Waals surface area contributed by atoms with Crippen LogP contribution in [0, 0.1) is 0 Å². The van der Waals surface area contributed by atoms with Gasteiger partial charge in [-0.3, -0.25) is 14.6 Å². The van der Waals surface area contributed by atoms with Crippen molar-refractivity contribution >= 4 is 28.8 Å². The van der Waals surface area contributed by atoms with Crippen molar-refractivity contribution in [3.63, 3.8) is 0 Å². The third kappa shape index (κ3) is 5.13. The van der Waals surface area contributed by atoms with Crippen molar-refractivity contribution in [1.29, 1.82) is 0 Å². The molecule has 1 aromatic heterocycles. The average molecular weight is 420 g/mol. The zero-order valence-corrected chi connectivity index (χ0v) is 17.6. The second-order valence-corrected chi connectivity index (χ2v) is 9.16. The van der Waals surface area contributed by atoms with Crippen LogP contribution in [0.1, 0.15) is 20.8 Å². The molecule has 0 bridgehead atoms. The highest BCUT2D eigenvalue weighted by Crippen LogP contribution is 2.23. The lowest BCUT2D eigenvalue weighted by atomic mass is 10.1. The largest absolute Gasteiger partial charge is 0.379 e. The molecule has 3 heterocycles. The number of hydrogen-bond donors (Lipinski definition) is 0. The Morgan fingerprint density at radius 3 is 2.43 bits per heavy atom. The zero-order chi connectivity index (χ0) is 19.3. The molecule has 2 aromatic rings. The molecule has 0 saturated carbocycles. The van der Waals surface area contributed by atoms with Gasteiger partial charge in [0.05, 0.1) is 17.6 Å². The SMILES string of the molecule is O=C(c1cccc(CN2CCOCC2)c1)N1CCN(Cc2ccc(Cl)s2)CC1. The van der Waals surface area contributed by atoms with Gasteiger partial charge in [-0.2, -0.15) is 0 Å². The van der Waals surface area contributed by atoms with E-state index in [0.717, 1.165) is 75.5 Å². The summed E-state index contributed by atoms with van der Waals surface area (Å²) < 4.78 is 6.25. The van der Waals surface area contributed by atoms with Crippen LogP contribution in [0.4, 0.5) is 0 Å². The van der Waals surface area contributed by atoms with Crippen molar-refractivity contribution in [2.24, 2.45) is 0 Å². The second-order valence-electron chi connectivity index (χ2n) is 7.36. The number of carbonyl (C=O) groups is 1. The lowest BCUT2D eigenvalue weighted by Crippen LogP contribution is -2.48. The van der Waals surface area contributed by atoms with Crippen LogP contribution in [-0.4, -0.2) is 73.1 Å². The molecule has 0 unspecified atom stereocenters. The summed E-state index contributed by atoms with van der Waals surface area (Å²) in [4.78, 5) is 21.0. The third-order valence-corrected chi connectivity index (χ3v) is 6.57. The number of morpholine rings is 1. The summed E-state index contributed by atoms with van der Waals surface area (Å²) in [5.41, 5.74) is 1.99. The smallest absolute Gasteiger partial charge is 0.253 e. The summed E-state index contributed by atoms with van der Waals surface area (Å²) in [5.74, 6) is 0.141. The van der Waals surface area contributed by atoms with Gasteiger partial charge in [0, 0.05) is 62.8 Å². The monoisotopic (exact) mass is 419 g/mol. The number of halogens is 1. The Labute approximate surface area is 175 Å². The van der Waals surface area contributed by atoms with Gasteiger partial charge in [0.2, 0.25) is 0 Å². The van der Waals surface area contributed by atoms with Crippen LogP contribution in [0.5, 0.6) is 0 Å². The lowest BCUT2D eigenvalue weighted by molar-refractivity contribution is 0.0341. The first-order chi connectivity index (χ1) is 13.7. The number of nitrogens with zero attached hydrogens (tertiary/aromatic N) is 3. The molecular formula is C21H26ClN3O2S. The van der Waals surface area contributed by atoms with Crippen LogP contribution >= 0.6 is 22.9 Å². The van der Waals surface area contributed by atoms with E-state index < -0.39 is 0 Å². The first-order valence-corrected chi connectivity index (χ1v) is 11.0. The number of carbonyl (C=O) groups excluding carboxylic acids is 1. The van der Waals surface area contributed by atoms with Gasteiger partial charge in [0.15, 0.2) is 0 Å². The lowest BCUT2D eigenvalue weighted by Gasteiger charge is -2.34. The fourth-order valence-electron chi connectivity index (χ4n) is 3.77. The van der Waals surface area contributed by atoms with Crippen molar-refractivity contribution in [1.82, 2.24) is 14.7 Å². The Kier molecular flexibility index (Phi) is 6.65. The highest BCUT2D eigenvalue weighted by Gasteiger charge is 2.23. The van der Waals surface area contributed by atoms with Crippen LogP contribution in [0.25, 0.3) is 0 Å². The second kappa shape index (κ2) is 9.37. The number of hydrogen-bond acceptors (Lipinski definition) is 5. The molecule has 7 heteroatoms. The summed E-state index contributed by atoms with van der Waals surface area (Å²) >= 11 is 7.66. The first-order valence-electron chi connectivity index (χ1n) is 9.82. The van der Waals surface area contributed by atoms with Gasteiger partial charge in [0.25, 0.3) is 5.91 Å². The predicted octanol–water partition coefficient (Wildman–Crippen LogP) is 3.19. The molecule has 2 saturated heterocycles. The molecule has 1 aromatic carbocycles. The number of rotatable bonds is 5. The third-order valence-electron chi connectivity index (χ3n) is 5.35. The highest BCUT2D eigenvalue weighted by atomic mass is 35.5. The van der Waals surface area contributed by atoms with Crippen LogP contribution in [0.15, 0.2) is 36.4 Å². The molecule has 5 nitrogen and oxygen atoms in total. The minimum atomic E-state index is 0.141. The number of piperazine rings is 1. The molecule has 2 aliphatic rings. The normalized spacial score (nSPS) is 19.1. The summed E-state index contributed by atoms with van der Waals surface area (Å²) in [6.07, 6.45) is 0. The molecule has 2 fully saturated rings. The van der Waals surface area contributed by atoms with Gasteiger partial charge in [-0.05, 0) is 29.8 Å². The Morgan fingerprint density at radius 2 is 1.71 bits per heavy atom. The summed E-state index contributed by atoms with van der Waals surface area (Å²) in [5, 5.41) is 0. The number of amides is 1. The van der Waals surface area contributed by atoms with Crippen molar-refractivity contribution in [2.45, 2.75) is 13.1 Å². The molecule has 0 N–H and O–H groups in total. The van der Waals surface area contributed by atoms with E-state index in [2.05, 4.69) is 28.0 Å². The fourth-order valence-corrected chi connectivity index (χ4v) is 4.90. The molecule has 4 rings (SSSR count). The van der Waals surface area contributed by atoms with Gasteiger partial charge in [0.1, 0.15) is 0 Å². The van der Waals surface area contributed by atoms with E-state index in [1.165, 1.54) is 10.4 Å². The molecule has 28 heavy (non-hydrogen) atoms. The minimum absolute atomic E-state index is 0.141. The van der Waals surface area contributed by atoms with E-state index in [1.54, 1.807) is 11.3 Å². The minimum Gasteiger partial charge on any atom is -0.379 e. The van der Waals surface area contributed by atoms with Crippen molar-refractivity contribution in [2.75, 3.05) is 52.5 Å². The quantitative estimate of drug-likeness (QED) is 0.745. The van der Waals surface area contributed by atoms with Crippen molar-refractivity contribution in [3.05, 3.63) is 56.7 Å². The van der Waals surface area contributed by atoms with E-state index in [-0.39, 0.29) is 5.91 Å². The Bertz CT molecular complexity index is 798. The van der Waals surface area contributed by atoms with Crippen LogP contribution in [-0.2, 0) is 17.8 Å². The Hall–Kier alpha value is -1.44. The molecular weight excluding hydrogens is 394 g/mol. The van der Waals surface area contributed by atoms with E-state index >= 15 is 0 Å². The maximum Gasteiger partial charge on any atom is 0.253 e. The Balaban J connectivity index is 1.31. The standard InChI is InChI=1S/C21H26ClN3O2S/c22-20-5-4-19(28-20)16-23-6-8-25(9-7-23)21(26)18-3-1-2-17(14-18)15-24-10-12-27-13-11-24/h1-5,14H,6-13,15-16H2. The molecule has 0 spiro atoms. The number of benzene rings is 1. The van der Waals surface area contributed by atoms with E-state index in [0.29, 0.717) is 0 Å². The Morgan fingerprint density at radius 1 is 0.964 bits per heavy atom. The molecule has 1 amide bonds. The van der Waals surface area contributed by atoms with Gasteiger partial charge in [-0.15, -0.1) is 11.3 Å². The zero-order valence-electron chi connectivity index (χ0n) is 16.0. The molecule has 2 aliphatic heterocycles.